The van der Waals surface area contributed by atoms with Crippen molar-refractivity contribution in [1.29, 1.82) is 0 Å². The number of hydrogen-bond donors (Lipinski definition) is 1. The van der Waals surface area contributed by atoms with Gasteiger partial charge in [0.05, 0.1) is 18.4 Å². The quantitative estimate of drug-likeness (QED) is 0.896. The molecule has 1 fully saturated rings. The number of carbonyl (C=O) groups excluding carboxylic acids is 1. The number of carboxylic acids is 1. The van der Waals surface area contributed by atoms with Crippen LogP contribution in [0.25, 0.3) is 0 Å². The molecule has 0 bridgehead atoms. The highest BCUT2D eigenvalue weighted by molar-refractivity contribution is 5.82. The molecule has 0 aromatic heterocycles. The summed E-state index contributed by atoms with van der Waals surface area (Å²) < 4.78 is 5.08. The Morgan fingerprint density at radius 3 is 2.71 bits per heavy atom. The second-order valence-electron chi connectivity index (χ2n) is 5.86. The predicted molar refractivity (Wildman–Crippen MR) is 77.8 cm³/mol. The van der Waals surface area contributed by atoms with Crippen LogP contribution >= 0.6 is 0 Å². The fraction of sp³-hybridized carbons (Fsp3) is 0.500. The number of benzene rings is 1. The molecular formula is C16H21NO4. The van der Waals surface area contributed by atoms with E-state index in [1.807, 2.05) is 24.3 Å². The third kappa shape index (κ3) is 3.61. The monoisotopic (exact) mass is 291 g/mol. The highest BCUT2D eigenvalue weighted by Crippen LogP contribution is 2.30. The number of carboxylic acid groups (broad SMARTS) is 1. The number of ether oxygens (including phenoxy) is 1. The first kappa shape index (κ1) is 15.5. The number of rotatable bonds is 5. The first-order valence-corrected chi connectivity index (χ1v) is 7.02. The summed E-state index contributed by atoms with van der Waals surface area (Å²) in [7, 11) is 1.63. The Balaban J connectivity index is 1.99. The van der Waals surface area contributed by atoms with Crippen LogP contribution in [-0.2, 0) is 27.4 Å². The number of aliphatic carboxylic acids is 1. The predicted octanol–water partition coefficient (Wildman–Crippen LogP) is 1.70. The van der Waals surface area contributed by atoms with Gasteiger partial charge in [0.2, 0.25) is 5.91 Å². The molecule has 1 aliphatic heterocycles. The zero-order valence-electron chi connectivity index (χ0n) is 12.5. The van der Waals surface area contributed by atoms with Crippen molar-refractivity contribution in [3.63, 3.8) is 0 Å². The van der Waals surface area contributed by atoms with Gasteiger partial charge in [-0.2, -0.15) is 0 Å². The minimum absolute atomic E-state index is 0.0189. The minimum Gasteiger partial charge on any atom is -0.481 e. The van der Waals surface area contributed by atoms with Crippen LogP contribution in [0.3, 0.4) is 0 Å². The summed E-state index contributed by atoms with van der Waals surface area (Å²) >= 11 is 0. The normalized spacial score (nSPS) is 21.5. The van der Waals surface area contributed by atoms with E-state index in [2.05, 4.69) is 0 Å². The second-order valence-corrected chi connectivity index (χ2v) is 5.86. The molecule has 1 amide bonds. The van der Waals surface area contributed by atoms with Crippen molar-refractivity contribution in [3.05, 3.63) is 35.4 Å². The smallest absolute Gasteiger partial charge is 0.311 e. The SMILES string of the molecule is COCc1cccc(CC(=O)N2CCC(C)(C(=O)O)C2)c1. The maximum absolute atomic E-state index is 12.3. The molecule has 1 heterocycles. The van der Waals surface area contributed by atoms with Crippen molar-refractivity contribution in [2.24, 2.45) is 5.41 Å². The lowest BCUT2D eigenvalue weighted by Gasteiger charge is -2.20. The van der Waals surface area contributed by atoms with E-state index in [0.717, 1.165) is 11.1 Å². The number of amides is 1. The highest BCUT2D eigenvalue weighted by atomic mass is 16.5. The van der Waals surface area contributed by atoms with Gasteiger partial charge in [-0.1, -0.05) is 24.3 Å². The van der Waals surface area contributed by atoms with Crippen LogP contribution in [0.15, 0.2) is 24.3 Å². The van der Waals surface area contributed by atoms with Crippen LogP contribution < -0.4 is 0 Å². The first-order valence-electron chi connectivity index (χ1n) is 7.02. The first-order chi connectivity index (χ1) is 9.94. The largest absolute Gasteiger partial charge is 0.481 e. The molecule has 0 saturated carbocycles. The molecule has 1 aliphatic rings. The number of nitrogens with zero attached hydrogens (tertiary/aromatic N) is 1. The van der Waals surface area contributed by atoms with Crippen LogP contribution in [0.1, 0.15) is 24.5 Å². The van der Waals surface area contributed by atoms with E-state index in [-0.39, 0.29) is 5.91 Å². The molecule has 1 aromatic carbocycles. The van der Waals surface area contributed by atoms with Gasteiger partial charge in [-0.3, -0.25) is 9.59 Å². The summed E-state index contributed by atoms with van der Waals surface area (Å²) in [6, 6.07) is 7.72. The van der Waals surface area contributed by atoms with E-state index in [9.17, 15) is 14.7 Å². The summed E-state index contributed by atoms with van der Waals surface area (Å²) in [5, 5.41) is 9.21. The molecule has 0 aliphatic carbocycles. The zero-order valence-corrected chi connectivity index (χ0v) is 12.5. The van der Waals surface area contributed by atoms with Gasteiger partial charge in [0.15, 0.2) is 0 Å². The van der Waals surface area contributed by atoms with Gasteiger partial charge in [0, 0.05) is 20.2 Å². The van der Waals surface area contributed by atoms with Gasteiger partial charge in [-0.15, -0.1) is 0 Å². The molecule has 0 radical (unpaired) electrons. The van der Waals surface area contributed by atoms with Gasteiger partial charge in [0.25, 0.3) is 0 Å². The van der Waals surface area contributed by atoms with Gasteiger partial charge in [-0.25, -0.2) is 0 Å². The Bertz CT molecular complexity index is 543. The van der Waals surface area contributed by atoms with Gasteiger partial charge < -0.3 is 14.7 Å². The molecule has 5 heteroatoms. The van der Waals surface area contributed by atoms with Crippen LogP contribution in [0.2, 0.25) is 0 Å². The lowest BCUT2D eigenvalue weighted by atomic mass is 9.90. The third-order valence-electron chi connectivity index (χ3n) is 4.00. The Morgan fingerprint density at radius 1 is 1.38 bits per heavy atom. The number of methoxy groups -OCH3 is 1. The summed E-state index contributed by atoms with van der Waals surface area (Å²) in [6.07, 6.45) is 0.811. The van der Waals surface area contributed by atoms with Gasteiger partial charge >= 0.3 is 5.97 Å². The number of hydrogen-bond acceptors (Lipinski definition) is 3. The lowest BCUT2D eigenvalue weighted by molar-refractivity contribution is -0.147. The molecule has 21 heavy (non-hydrogen) atoms. The van der Waals surface area contributed by atoms with Crippen LogP contribution in [0.4, 0.5) is 0 Å². The fourth-order valence-corrected chi connectivity index (χ4v) is 2.63. The molecule has 2 rings (SSSR count). The summed E-state index contributed by atoms with van der Waals surface area (Å²) in [4.78, 5) is 25.2. The Kier molecular flexibility index (Phi) is 4.63. The topological polar surface area (TPSA) is 66.8 Å². The fourth-order valence-electron chi connectivity index (χ4n) is 2.63. The summed E-state index contributed by atoms with van der Waals surface area (Å²) in [6.45, 7) is 3.02. The average molecular weight is 291 g/mol. The molecule has 5 nitrogen and oxygen atoms in total. The molecular weight excluding hydrogens is 270 g/mol. The maximum Gasteiger partial charge on any atom is 0.311 e. The Hall–Kier alpha value is -1.88. The summed E-state index contributed by atoms with van der Waals surface area (Å²) in [5.74, 6) is -0.852. The van der Waals surface area contributed by atoms with E-state index in [1.165, 1.54) is 0 Å². The van der Waals surface area contributed by atoms with Crippen molar-refractivity contribution in [2.45, 2.75) is 26.4 Å². The zero-order chi connectivity index (χ0) is 15.5. The third-order valence-corrected chi connectivity index (χ3v) is 4.00. The van der Waals surface area contributed by atoms with Crippen LogP contribution in [0, 0.1) is 5.41 Å². The standard InChI is InChI=1S/C16H21NO4/c1-16(15(19)20)6-7-17(11-16)14(18)9-12-4-3-5-13(8-12)10-21-2/h3-5,8H,6-7,9-11H2,1-2H3,(H,19,20). The highest BCUT2D eigenvalue weighted by Gasteiger charge is 2.41. The number of carbonyl (C=O) groups is 2. The number of likely N-dealkylation sites (tertiary alicyclic amines) is 1. The molecule has 0 spiro atoms. The minimum atomic E-state index is -0.833. The van der Waals surface area contributed by atoms with Crippen molar-refractivity contribution >= 4 is 11.9 Å². The van der Waals surface area contributed by atoms with E-state index in [4.69, 9.17) is 4.74 Å². The van der Waals surface area contributed by atoms with Crippen molar-refractivity contribution in [2.75, 3.05) is 20.2 Å². The van der Waals surface area contributed by atoms with Crippen LogP contribution in [0.5, 0.6) is 0 Å². The van der Waals surface area contributed by atoms with Crippen molar-refractivity contribution < 1.29 is 19.4 Å². The van der Waals surface area contributed by atoms with Crippen LogP contribution in [-0.4, -0.2) is 42.1 Å². The maximum atomic E-state index is 12.3. The second kappa shape index (κ2) is 6.26. The molecule has 1 N–H and O–H groups in total. The van der Waals surface area contributed by atoms with Gasteiger partial charge in [-0.05, 0) is 24.5 Å². The summed E-state index contributed by atoms with van der Waals surface area (Å²) in [5.41, 5.74) is 1.14. The van der Waals surface area contributed by atoms with Gasteiger partial charge in [0.1, 0.15) is 0 Å². The van der Waals surface area contributed by atoms with E-state index in [1.54, 1.807) is 18.9 Å². The van der Waals surface area contributed by atoms with Crippen molar-refractivity contribution in [3.8, 4) is 0 Å². The molecule has 1 saturated heterocycles. The van der Waals surface area contributed by atoms with E-state index in [0.29, 0.717) is 32.5 Å². The molecule has 114 valence electrons. The van der Waals surface area contributed by atoms with E-state index < -0.39 is 11.4 Å². The van der Waals surface area contributed by atoms with Crippen molar-refractivity contribution in [1.82, 2.24) is 4.90 Å². The Morgan fingerprint density at radius 2 is 2.10 bits per heavy atom. The lowest BCUT2D eigenvalue weighted by Crippen LogP contribution is -2.35. The molecule has 1 unspecified atom stereocenters. The average Bonchev–Trinajstić information content (AvgIpc) is 2.84. The Labute approximate surface area is 124 Å². The molecule has 1 aromatic rings. The van der Waals surface area contributed by atoms with E-state index >= 15 is 0 Å². The molecule has 1 atom stereocenters.